The van der Waals surface area contributed by atoms with Crippen LogP contribution < -0.4 is 5.32 Å². The highest BCUT2D eigenvalue weighted by Crippen LogP contribution is 2.17. The highest BCUT2D eigenvalue weighted by molar-refractivity contribution is 5.92. The average Bonchev–Trinajstić information content (AvgIpc) is 2.55. The molecule has 6 heteroatoms. The third kappa shape index (κ3) is 2.25. The molecule has 0 atom stereocenters. The van der Waals surface area contributed by atoms with Gasteiger partial charge in [0.1, 0.15) is 0 Å². The number of imidazole rings is 1. The maximum absolute atomic E-state index is 11.2. The third-order valence-corrected chi connectivity index (χ3v) is 2.24. The first-order valence-electron chi connectivity index (χ1n) is 4.99. The van der Waals surface area contributed by atoms with Crippen molar-refractivity contribution in [3.63, 3.8) is 0 Å². The summed E-state index contributed by atoms with van der Waals surface area (Å²) in [4.78, 5) is 26.0. The summed E-state index contributed by atoms with van der Waals surface area (Å²) in [7, 11) is 1.76. The van der Waals surface area contributed by atoms with Gasteiger partial charge in [0.25, 0.3) is 0 Å². The van der Waals surface area contributed by atoms with E-state index in [-0.39, 0.29) is 0 Å². The van der Waals surface area contributed by atoms with Crippen LogP contribution in [-0.2, 0) is 16.6 Å². The Morgan fingerprint density at radius 3 is 2.71 bits per heavy atom. The van der Waals surface area contributed by atoms with Crippen molar-refractivity contribution < 1.29 is 14.3 Å². The predicted octanol–water partition coefficient (Wildman–Crippen LogP) is 1.67. The van der Waals surface area contributed by atoms with E-state index >= 15 is 0 Å². The fourth-order valence-electron chi connectivity index (χ4n) is 1.50. The quantitative estimate of drug-likeness (QED) is 0.600. The Balaban J connectivity index is 2.27. The van der Waals surface area contributed by atoms with Crippen LogP contribution in [0.2, 0.25) is 0 Å². The van der Waals surface area contributed by atoms with E-state index in [4.69, 9.17) is 0 Å². The zero-order chi connectivity index (χ0) is 12.4. The van der Waals surface area contributed by atoms with Crippen LogP contribution in [0, 0.1) is 0 Å². The maximum atomic E-state index is 11.2. The largest absolute Gasteiger partial charge is 0.421 e. The number of aromatic nitrogens is 2. The normalized spacial score (nSPS) is 10.2. The second kappa shape index (κ2) is 4.25. The third-order valence-electron chi connectivity index (χ3n) is 2.24. The van der Waals surface area contributed by atoms with Crippen LogP contribution in [0.15, 0.2) is 24.3 Å². The minimum absolute atomic E-state index is 0.331. The molecule has 2 rings (SSSR count). The summed E-state index contributed by atoms with van der Waals surface area (Å²) in [6.07, 6.45) is -0.837. The van der Waals surface area contributed by atoms with Gasteiger partial charge in [0, 0.05) is 14.0 Å². The molecule has 1 N–H and O–H groups in total. The molecular formula is C11H11N3O3. The van der Waals surface area contributed by atoms with Crippen molar-refractivity contribution in [1.29, 1.82) is 0 Å². The van der Waals surface area contributed by atoms with Gasteiger partial charge in [0.2, 0.25) is 5.95 Å². The van der Waals surface area contributed by atoms with Gasteiger partial charge in [-0.2, -0.15) is 0 Å². The van der Waals surface area contributed by atoms with Gasteiger partial charge in [-0.25, -0.2) is 9.78 Å². The van der Waals surface area contributed by atoms with Crippen molar-refractivity contribution in [2.45, 2.75) is 6.92 Å². The number of fused-ring (bicyclic) bond motifs is 1. The molecule has 0 fully saturated rings. The van der Waals surface area contributed by atoms with Gasteiger partial charge in [-0.3, -0.25) is 10.1 Å². The van der Waals surface area contributed by atoms with Crippen molar-refractivity contribution in [2.75, 3.05) is 5.32 Å². The molecule has 0 aliphatic heterocycles. The maximum Gasteiger partial charge on any atom is 0.421 e. The highest BCUT2D eigenvalue weighted by Gasteiger charge is 2.12. The van der Waals surface area contributed by atoms with E-state index in [1.54, 1.807) is 11.6 Å². The van der Waals surface area contributed by atoms with Gasteiger partial charge in [0.05, 0.1) is 11.0 Å². The van der Waals surface area contributed by atoms with Crippen LogP contribution in [0.5, 0.6) is 0 Å². The molecule has 6 nitrogen and oxygen atoms in total. The Kier molecular flexibility index (Phi) is 2.78. The number of nitrogens with one attached hydrogen (secondary N) is 1. The van der Waals surface area contributed by atoms with Crippen molar-refractivity contribution >= 4 is 29.0 Å². The van der Waals surface area contributed by atoms with Crippen LogP contribution in [0.25, 0.3) is 11.0 Å². The minimum atomic E-state index is -0.837. The number of hydrogen-bond acceptors (Lipinski definition) is 4. The van der Waals surface area contributed by atoms with Crippen LogP contribution >= 0.6 is 0 Å². The summed E-state index contributed by atoms with van der Waals surface area (Å²) in [5.41, 5.74) is 1.64. The van der Waals surface area contributed by atoms with E-state index in [0.29, 0.717) is 5.95 Å². The lowest BCUT2D eigenvalue weighted by Gasteiger charge is -2.03. The molecule has 0 saturated carbocycles. The standard InChI is InChI=1S/C11H11N3O3/c1-7(15)17-11(16)13-10-12-8-5-3-4-6-9(8)14(10)2/h3-6H,1-2H3,(H,12,13,16). The fraction of sp³-hybridized carbons (Fsp3) is 0.182. The molecule has 0 saturated heterocycles. The Morgan fingerprint density at radius 1 is 1.35 bits per heavy atom. The molecule has 0 aliphatic carbocycles. The molecule has 0 bridgehead atoms. The number of carbonyl (C=O) groups is 2. The van der Waals surface area contributed by atoms with E-state index in [0.717, 1.165) is 18.0 Å². The zero-order valence-electron chi connectivity index (χ0n) is 9.43. The van der Waals surface area contributed by atoms with Gasteiger partial charge in [-0.05, 0) is 12.1 Å². The van der Waals surface area contributed by atoms with Crippen molar-refractivity contribution in [3.05, 3.63) is 24.3 Å². The van der Waals surface area contributed by atoms with Crippen LogP contribution in [-0.4, -0.2) is 21.6 Å². The zero-order valence-corrected chi connectivity index (χ0v) is 9.43. The summed E-state index contributed by atoms with van der Waals surface area (Å²) < 4.78 is 6.07. The first kappa shape index (κ1) is 11.1. The van der Waals surface area contributed by atoms with Gasteiger partial charge in [-0.15, -0.1) is 0 Å². The molecule has 0 aliphatic rings. The number of anilines is 1. The minimum Gasteiger partial charge on any atom is -0.376 e. The molecule has 1 aromatic carbocycles. The molecule has 0 spiro atoms. The van der Waals surface area contributed by atoms with E-state index < -0.39 is 12.1 Å². The van der Waals surface area contributed by atoms with Gasteiger partial charge < -0.3 is 9.30 Å². The molecule has 1 aromatic heterocycles. The number of para-hydroxylation sites is 2. The van der Waals surface area contributed by atoms with Crippen LogP contribution in [0.4, 0.5) is 10.7 Å². The van der Waals surface area contributed by atoms with E-state index in [1.807, 2.05) is 24.3 Å². The van der Waals surface area contributed by atoms with Crippen molar-refractivity contribution in [1.82, 2.24) is 9.55 Å². The lowest BCUT2D eigenvalue weighted by Crippen LogP contribution is -2.18. The predicted molar refractivity (Wildman–Crippen MR) is 61.5 cm³/mol. The summed E-state index contributed by atoms with van der Waals surface area (Å²) in [5.74, 6) is -0.335. The number of rotatable bonds is 1. The first-order chi connectivity index (χ1) is 8.08. The number of esters is 1. The number of amides is 1. The number of benzene rings is 1. The SMILES string of the molecule is CC(=O)OC(=O)Nc1nc2ccccc2n1C. The second-order valence-electron chi connectivity index (χ2n) is 3.49. The molecule has 88 valence electrons. The molecule has 1 heterocycles. The topological polar surface area (TPSA) is 73.2 Å². The van der Waals surface area contributed by atoms with Crippen LogP contribution in [0.3, 0.4) is 0 Å². The Labute approximate surface area is 97.2 Å². The Morgan fingerprint density at radius 2 is 2.06 bits per heavy atom. The smallest absolute Gasteiger partial charge is 0.376 e. The van der Waals surface area contributed by atoms with Crippen molar-refractivity contribution in [2.24, 2.45) is 7.05 Å². The Bertz CT molecular complexity index is 589. The highest BCUT2D eigenvalue weighted by atomic mass is 16.6. The molecule has 1 amide bonds. The van der Waals surface area contributed by atoms with E-state index in [1.165, 1.54) is 0 Å². The number of aryl methyl sites for hydroxylation is 1. The summed E-state index contributed by atoms with van der Waals surface area (Å²) in [6.45, 7) is 1.16. The monoisotopic (exact) mass is 233 g/mol. The molecular weight excluding hydrogens is 222 g/mol. The van der Waals surface area contributed by atoms with E-state index in [2.05, 4.69) is 15.0 Å². The summed E-state index contributed by atoms with van der Waals surface area (Å²) >= 11 is 0. The second-order valence-corrected chi connectivity index (χ2v) is 3.49. The number of carbonyl (C=O) groups excluding carboxylic acids is 2. The lowest BCUT2D eigenvalue weighted by molar-refractivity contribution is -0.134. The summed E-state index contributed by atoms with van der Waals surface area (Å²) in [5, 5.41) is 2.40. The molecule has 17 heavy (non-hydrogen) atoms. The molecule has 0 unspecified atom stereocenters. The number of nitrogens with zero attached hydrogens (tertiary/aromatic N) is 2. The first-order valence-corrected chi connectivity index (χ1v) is 4.99. The lowest BCUT2D eigenvalue weighted by atomic mass is 10.3. The Hall–Kier alpha value is -2.37. The number of ether oxygens (including phenoxy) is 1. The van der Waals surface area contributed by atoms with Crippen molar-refractivity contribution in [3.8, 4) is 0 Å². The van der Waals surface area contributed by atoms with Crippen LogP contribution in [0.1, 0.15) is 6.92 Å². The van der Waals surface area contributed by atoms with Gasteiger partial charge in [0.15, 0.2) is 0 Å². The summed E-state index contributed by atoms with van der Waals surface area (Å²) in [6, 6.07) is 7.44. The fourth-order valence-corrected chi connectivity index (χ4v) is 1.50. The molecule has 2 aromatic rings. The average molecular weight is 233 g/mol. The van der Waals surface area contributed by atoms with Gasteiger partial charge >= 0.3 is 12.1 Å². The molecule has 0 radical (unpaired) electrons. The van der Waals surface area contributed by atoms with E-state index in [9.17, 15) is 9.59 Å². The number of hydrogen-bond donors (Lipinski definition) is 1. The van der Waals surface area contributed by atoms with Gasteiger partial charge in [-0.1, -0.05) is 12.1 Å².